The van der Waals surface area contributed by atoms with Gasteiger partial charge in [0.1, 0.15) is 17.6 Å². The largest absolute Gasteiger partial charge is 0.454 e. The predicted molar refractivity (Wildman–Crippen MR) is 115 cm³/mol. The SMILES string of the molecule is CCS(=O)(=O)Nc1ccc(Oc2ccc(F)cc2F)c(C2CN(C)C(=O)C3NNCC32)c1. The van der Waals surface area contributed by atoms with E-state index in [1.165, 1.54) is 19.1 Å². The fourth-order valence-corrected chi connectivity index (χ4v) is 4.77. The van der Waals surface area contributed by atoms with Crippen LogP contribution < -0.4 is 20.3 Å². The van der Waals surface area contributed by atoms with Crippen LogP contribution >= 0.6 is 0 Å². The monoisotopic (exact) mass is 466 g/mol. The molecule has 32 heavy (non-hydrogen) atoms. The van der Waals surface area contributed by atoms with Gasteiger partial charge in [-0.05, 0) is 37.3 Å². The summed E-state index contributed by atoms with van der Waals surface area (Å²) in [4.78, 5) is 14.1. The molecule has 8 nitrogen and oxygen atoms in total. The van der Waals surface area contributed by atoms with Crippen molar-refractivity contribution in [1.29, 1.82) is 0 Å². The van der Waals surface area contributed by atoms with Gasteiger partial charge in [-0.2, -0.15) is 0 Å². The van der Waals surface area contributed by atoms with Crippen molar-refractivity contribution in [2.75, 3.05) is 30.6 Å². The summed E-state index contributed by atoms with van der Waals surface area (Å²) < 4.78 is 60.1. The first kappa shape index (κ1) is 22.4. The molecule has 2 fully saturated rings. The number of anilines is 1. The number of hydrazine groups is 1. The van der Waals surface area contributed by atoms with E-state index >= 15 is 0 Å². The summed E-state index contributed by atoms with van der Waals surface area (Å²) >= 11 is 0. The van der Waals surface area contributed by atoms with Crippen LogP contribution in [0.15, 0.2) is 36.4 Å². The van der Waals surface area contributed by atoms with Crippen LogP contribution in [0, 0.1) is 17.6 Å². The van der Waals surface area contributed by atoms with Gasteiger partial charge >= 0.3 is 0 Å². The summed E-state index contributed by atoms with van der Waals surface area (Å²) in [6.07, 6.45) is 0. The van der Waals surface area contributed by atoms with Crippen LogP contribution in [0.3, 0.4) is 0 Å². The van der Waals surface area contributed by atoms with Crippen molar-refractivity contribution in [3.63, 3.8) is 0 Å². The lowest BCUT2D eigenvalue weighted by atomic mass is 9.78. The molecule has 2 aromatic carbocycles. The van der Waals surface area contributed by atoms with Crippen molar-refractivity contribution < 1.29 is 26.7 Å². The molecule has 0 bridgehead atoms. The van der Waals surface area contributed by atoms with E-state index in [0.29, 0.717) is 30.1 Å². The van der Waals surface area contributed by atoms with Gasteiger partial charge in [-0.25, -0.2) is 22.6 Å². The highest BCUT2D eigenvalue weighted by Crippen LogP contribution is 2.41. The Kier molecular flexibility index (Phi) is 6.06. The number of fused-ring (bicyclic) bond motifs is 1. The molecule has 2 heterocycles. The third-order valence-electron chi connectivity index (χ3n) is 5.83. The topological polar surface area (TPSA) is 99.8 Å². The minimum absolute atomic E-state index is 0.0499. The molecule has 3 atom stereocenters. The highest BCUT2D eigenvalue weighted by Gasteiger charge is 2.45. The Bertz CT molecular complexity index is 1140. The molecule has 0 radical (unpaired) electrons. The van der Waals surface area contributed by atoms with Gasteiger partial charge < -0.3 is 9.64 Å². The number of rotatable bonds is 6. The second-order valence-electron chi connectivity index (χ2n) is 7.93. The Labute approximate surface area is 185 Å². The fourth-order valence-electron chi connectivity index (χ4n) is 4.14. The summed E-state index contributed by atoms with van der Waals surface area (Å²) in [7, 11) is -1.83. The van der Waals surface area contributed by atoms with Gasteiger partial charge in [-0.3, -0.25) is 14.9 Å². The Balaban J connectivity index is 1.77. The van der Waals surface area contributed by atoms with Crippen LogP contribution in [0.1, 0.15) is 18.4 Å². The lowest BCUT2D eigenvalue weighted by Gasteiger charge is -2.38. The van der Waals surface area contributed by atoms with Crippen LogP contribution in [-0.2, 0) is 14.8 Å². The molecule has 0 saturated carbocycles. The number of likely N-dealkylation sites (N-methyl/N-ethyl adjacent to an activating group) is 1. The number of nitrogens with zero attached hydrogens (tertiary/aromatic N) is 1. The number of likely N-dealkylation sites (tertiary alicyclic amines) is 1. The van der Waals surface area contributed by atoms with Crippen LogP contribution in [0.5, 0.6) is 11.5 Å². The van der Waals surface area contributed by atoms with E-state index in [-0.39, 0.29) is 29.2 Å². The average molecular weight is 467 g/mol. The number of ether oxygens (including phenoxy) is 1. The number of hydrogen-bond donors (Lipinski definition) is 3. The zero-order valence-corrected chi connectivity index (χ0v) is 18.4. The molecular weight excluding hydrogens is 442 g/mol. The van der Waals surface area contributed by atoms with Crippen molar-refractivity contribution in [1.82, 2.24) is 15.8 Å². The summed E-state index contributed by atoms with van der Waals surface area (Å²) in [6.45, 7) is 2.42. The number of piperidine rings is 1. The van der Waals surface area contributed by atoms with Crippen molar-refractivity contribution in [2.45, 2.75) is 18.9 Å². The number of carbonyl (C=O) groups excluding carboxylic acids is 1. The van der Waals surface area contributed by atoms with Gasteiger partial charge in [0.25, 0.3) is 0 Å². The van der Waals surface area contributed by atoms with E-state index in [2.05, 4.69) is 15.6 Å². The Hall–Kier alpha value is -2.76. The number of benzene rings is 2. The standard InChI is InChI=1S/C21H24F2N4O4S/c1-3-32(29,30)26-13-5-7-18(31-19-6-4-12(22)8-17(19)23)14(9-13)16-11-27(2)21(28)20-15(16)10-24-25-20/h4-9,15-16,20,24-26H,3,10-11H2,1-2H3. The highest BCUT2D eigenvalue weighted by molar-refractivity contribution is 7.92. The summed E-state index contributed by atoms with van der Waals surface area (Å²) in [5.41, 5.74) is 6.95. The maximum atomic E-state index is 14.3. The molecule has 11 heteroatoms. The van der Waals surface area contributed by atoms with Crippen molar-refractivity contribution >= 4 is 21.6 Å². The first-order valence-corrected chi connectivity index (χ1v) is 11.8. The van der Waals surface area contributed by atoms with Gasteiger partial charge in [0, 0.05) is 49.3 Å². The molecular formula is C21H24F2N4O4S. The number of hydrogen-bond acceptors (Lipinski definition) is 6. The third kappa shape index (κ3) is 4.41. The van der Waals surface area contributed by atoms with Crippen molar-refractivity contribution in [2.24, 2.45) is 5.92 Å². The Morgan fingerprint density at radius 3 is 2.66 bits per heavy atom. The molecule has 172 valence electrons. The average Bonchev–Trinajstić information content (AvgIpc) is 3.24. The zero-order chi connectivity index (χ0) is 23.0. The van der Waals surface area contributed by atoms with Crippen molar-refractivity contribution in [3.8, 4) is 11.5 Å². The van der Waals surface area contributed by atoms with Crippen LogP contribution in [0.4, 0.5) is 14.5 Å². The quantitative estimate of drug-likeness (QED) is 0.604. The number of carbonyl (C=O) groups is 1. The first-order chi connectivity index (χ1) is 15.2. The van der Waals surface area contributed by atoms with E-state index in [1.54, 1.807) is 24.1 Å². The smallest absolute Gasteiger partial charge is 0.241 e. The molecule has 2 aromatic rings. The number of sulfonamides is 1. The molecule has 1 amide bonds. The number of halogens is 2. The normalized spacial score (nSPS) is 23.2. The summed E-state index contributed by atoms with van der Waals surface area (Å²) in [5, 5.41) is 0. The van der Waals surface area contributed by atoms with E-state index in [1.807, 2.05) is 0 Å². The molecule has 4 rings (SSSR count). The Morgan fingerprint density at radius 2 is 1.94 bits per heavy atom. The van der Waals surface area contributed by atoms with Gasteiger partial charge in [-0.1, -0.05) is 0 Å². The van der Waals surface area contributed by atoms with Crippen LogP contribution in [0.2, 0.25) is 0 Å². The number of nitrogens with one attached hydrogen (secondary N) is 3. The number of amides is 1. The second-order valence-corrected chi connectivity index (χ2v) is 9.94. The molecule has 2 saturated heterocycles. The van der Waals surface area contributed by atoms with E-state index < -0.39 is 27.7 Å². The lowest BCUT2D eigenvalue weighted by molar-refractivity contribution is -0.136. The molecule has 3 N–H and O–H groups in total. The molecule has 0 aliphatic carbocycles. The zero-order valence-electron chi connectivity index (χ0n) is 17.6. The second kappa shape index (κ2) is 8.64. The molecule has 3 unspecified atom stereocenters. The fraction of sp³-hybridized carbons (Fsp3) is 0.381. The van der Waals surface area contributed by atoms with Crippen molar-refractivity contribution in [3.05, 3.63) is 53.6 Å². The molecule has 2 aliphatic rings. The summed E-state index contributed by atoms with van der Waals surface area (Å²) in [6, 6.07) is 7.28. The van der Waals surface area contributed by atoms with Crippen LogP contribution in [-0.4, -0.2) is 51.2 Å². The molecule has 0 spiro atoms. The highest BCUT2D eigenvalue weighted by atomic mass is 32.2. The minimum atomic E-state index is -3.52. The van der Waals surface area contributed by atoms with Gasteiger partial charge in [0.05, 0.1) is 5.75 Å². The molecule has 0 aromatic heterocycles. The van der Waals surface area contributed by atoms with Gasteiger partial charge in [-0.15, -0.1) is 0 Å². The van der Waals surface area contributed by atoms with E-state index in [9.17, 15) is 22.0 Å². The van der Waals surface area contributed by atoms with E-state index in [0.717, 1.165) is 12.1 Å². The maximum Gasteiger partial charge on any atom is 0.241 e. The Morgan fingerprint density at radius 1 is 1.19 bits per heavy atom. The first-order valence-electron chi connectivity index (χ1n) is 10.2. The lowest BCUT2D eigenvalue weighted by Crippen LogP contribution is -2.53. The van der Waals surface area contributed by atoms with Crippen LogP contribution in [0.25, 0.3) is 0 Å². The van der Waals surface area contributed by atoms with Gasteiger partial charge in [0.2, 0.25) is 15.9 Å². The summed E-state index contributed by atoms with van der Waals surface area (Å²) in [5.74, 6) is -1.94. The molecule has 2 aliphatic heterocycles. The predicted octanol–water partition coefficient (Wildman–Crippen LogP) is 2.17. The third-order valence-corrected chi connectivity index (χ3v) is 7.14. The van der Waals surface area contributed by atoms with Gasteiger partial charge in [0.15, 0.2) is 11.6 Å². The maximum absolute atomic E-state index is 14.3. The minimum Gasteiger partial charge on any atom is -0.454 e. The van der Waals surface area contributed by atoms with E-state index in [4.69, 9.17) is 4.74 Å².